The summed E-state index contributed by atoms with van der Waals surface area (Å²) in [6.45, 7) is 6.40. The van der Waals surface area contributed by atoms with Crippen LogP contribution in [0.25, 0.3) is 10.2 Å². The van der Waals surface area contributed by atoms with E-state index in [1.807, 2.05) is 36.4 Å². The van der Waals surface area contributed by atoms with E-state index in [1.54, 1.807) is 6.07 Å². The van der Waals surface area contributed by atoms with Crippen LogP contribution in [0.4, 0.5) is 5.13 Å². The van der Waals surface area contributed by atoms with Gasteiger partial charge >= 0.3 is 0 Å². The van der Waals surface area contributed by atoms with Crippen molar-refractivity contribution in [1.29, 1.82) is 0 Å². The van der Waals surface area contributed by atoms with Crippen LogP contribution in [0.3, 0.4) is 0 Å². The van der Waals surface area contributed by atoms with Gasteiger partial charge in [0.25, 0.3) is 5.91 Å². The minimum absolute atomic E-state index is 0.0639. The third-order valence-corrected chi connectivity index (χ3v) is 4.86. The van der Waals surface area contributed by atoms with Crippen LogP contribution in [0, 0.1) is 0 Å². The average Bonchev–Trinajstić information content (AvgIpc) is 2.93. The van der Waals surface area contributed by atoms with E-state index >= 15 is 0 Å². The Morgan fingerprint density at radius 2 is 1.92 bits per heavy atom. The minimum atomic E-state index is -0.245. The molecule has 0 radical (unpaired) electrons. The predicted octanol–water partition coefficient (Wildman–Crippen LogP) is 5.26. The SMILES string of the molecule is CC(C)(C)c1ccc(OCC(=O)Nc2nc3ccc(Cl)cc3s2)cc1. The number of hydrogen-bond donors (Lipinski definition) is 1. The maximum Gasteiger partial charge on any atom is 0.264 e. The molecule has 1 N–H and O–H groups in total. The first kappa shape index (κ1) is 17.7. The summed E-state index contributed by atoms with van der Waals surface area (Å²) in [5.74, 6) is 0.421. The molecule has 0 aliphatic heterocycles. The van der Waals surface area contributed by atoms with E-state index in [0.29, 0.717) is 15.9 Å². The number of fused-ring (bicyclic) bond motifs is 1. The summed E-state index contributed by atoms with van der Waals surface area (Å²) in [5.41, 5.74) is 2.12. The first-order valence-electron chi connectivity index (χ1n) is 7.90. The molecule has 0 saturated carbocycles. The van der Waals surface area contributed by atoms with Gasteiger partial charge in [-0.15, -0.1) is 0 Å². The maximum atomic E-state index is 12.1. The smallest absolute Gasteiger partial charge is 0.264 e. The quantitative estimate of drug-likeness (QED) is 0.677. The van der Waals surface area contributed by atoms with E-state index in [1.165, 1.54) is 16.9 Å². The highest BCUT2D eigenvalue weighted by Crippen LogP contribution is 2.28. The largest absolute Gasteiger partial charge is 0.484 e. The molecule has 0 bridgehead atoms. The molecular weight excluding hydrogens is 356 g/mol. The summed E-state index contributed by atoms with van der Waals surface area (Å²) in [4.78, 5) is 16.4. The van der Waals surface area contributed by atoms with Gasteiger partial charge in [-0.05, 0) is 41.3 Å². The van der Waals surface area contributed by atoms with Gasteiger partial charge in [-0.1, -0.05) is 55.8 Å². The number of nitrogens with zero attached hydrogens (tertiary/aromatic N) is 1. The van der Waals surface area contributed by atoms with Gasteiger partial charge in [0.2, 0.25) is 0 Å². The van der Waals surface area contributed by atoms with Crippen LogP contribution >= 0.6 is 22.9 Å². The molecule has 130 valence electrons. The number of thiazole rings is 1. The van der Waals surface area contributed by atoms with Crippen LogP contribution < -0.4 is 10.1 Å². The number of aromatic nitrogens is 1. The summed E-state index contributed by atoms with van der Waals surface area (Å²) < 4.78 is 6.48. The first-order valence-corrected chi connectivity index (χ1v) is 9.10. The van der Waals surface area contributed by atoms with Gasteiger partial charge in [0.05, 0.1) is 10.2 Å². The van der Waals surface area contributed by atoms with Crippen LogP contribution in [0.5, 0.6) is 5.75 Å². The molecule has 0 aliphatic rings. The Morgan fingerprint density at radius 1 is 1.20 bits per heavy atom. The third-order valence-electron chi connectivity index (χ3n) is 3.69. The molecule has 0 spiro atoms. The number of carbonyl (C=O) groups excluding carboxylic acids is 1. The van der Waals surface area contributed by atoms with E-state index < -0.39 is 0 Å². The van der Waals surface area contributed by atoms with Gasteiger partial charge in [-0.2, -0.15) is 0 Å². The molecular formula is C19H19ClN2O2S. The van der Waals surface area contributed by atoms with Crippen molar-refractivity contribution in [3.05, 3.63) is 53.1 Å². The van der Waals surface area contributed by atoms with Crippen molar-refractivity contribution in [2.45, 2.75) is 26.2 Å². The number of nitrogens with one attached hydrogen (secondary N) is 1. The molecule has 0 atom stereocenters. The van der Waals surface area contributed by atoms with Gasteiger partial charge in [-0.25, -0.2) is 4.98 Å². The fraction of sp³-hybridized carbons (Fsp3) is 0.263. The number of ether oxygens (including phenoxy) is 1. The predicted molar refractivity (Wildman–Crippen MR) is 104 cm³/mol. The zero-order valence-electron chi connectivity index (χ0n) is 14.3. The number of benzene rings is 2. The lowest BCUT2D eigenvalue weighted by Crippen LogP contribution is -2.20. The van der Waals surface area contributed by atoms with Crippen molar-refractivity contribution in [2.75, 3.05) is 11.9 Å². The number of halogens is 1. The van der Waals surface area contributed by atoms with Gasteiger partial charge < -0.3 is 4.74 Å². The molecule has 4 nitrogen and oxygen atoms in total. The van der Waals surface area contributed by atoms with Crippen LogP contribution in [0.15, 0.2) is 42.5 Å². The van der Waals surface area contributed by atoms with Gasteiger partial charge in [0, 0.05) is 5.02 Å². The van der Waals surface area contributed by atoms with Crippen molar-refractivity contribution >= 4 is 44.2 Å². The van der Waals surface area contributed by atoms with E-state index in [9.17, 15) is 4.79 Å². The van der Waals surface area contributed by atoms with Crippen molar-refractivity contribution in [2.24, 2.45) is 0 Å². The van der Waals surface area contributed by atoms with E-state index in [2.05, 4.69) is 31.1 Å². The molecule has 25 heavy (non-hydrogen) atoms. The van der Waals surface area contributed by atoms with E-state index in [-0.39, 0.29) is 17.9 Å². The molecule has 6 heteroatoms. The summed E-state index contributed by atoms with van der Waals surface area (Å²) in [6, 6.07) is 13.2. The highest BCUT2D eigenvalue weighted by Gasteiger charge is 2.13. The second kappa shape index (κ2) is 7.02. The molecule has 0 unspecified atom stereocenters. The monoisotopic (exact) mass is 374 g/mol. The number of amides is 1. The summed E-state index contributed by atoms with van der Waals surface area (Å²) in [7, 11) is 0. The standard InChI is InChI=1S/C19H19ClN2O2S/c1-19(2,3)12-4-7-14(8-5-12)24-11-17(23)22-18-21-15-9-6-13(20)10-16(15)25-18/h4-10H,11H2,1-3H3,(H,21,22,23). The number of hydrogen-bond acceptors (Lipinski definition) is 4. The Bertz CT molecular complexity index is 898. The third kappa shape index (κ3) is 4.50. The summed E-state index contributed by atoms with van der Waals surface area (Å²) >= 11 is 7.34. The molecule has 1 aromatic heterocycles. The van der Waals surface area contributed by atoms with Crippen molar-refractivity contribution in [3.8, 4) is 5.75 Å². The average molecular weight is 375 g/mol. The van der Waals surface area contributed by atoms with Gasteiger partial charge in [0.15, 0.2) is 11.7 Å². The van der Waals surface area contributed by atoms with Crippen LogP contribution in [-0.2, 0) is 10.2 Å². The molecule has 0 aliphatic carbocycles. The van der Waals surface area contributed by atoms with Crippen molar-refractivity contribution < 1.29 is 9.53 Å². The normalized spacial score (nSPS) is 11.5. The molecule has 3 aromatic rings. The Labute approximate surface area is 155 Å². The zero-order valence-corrected chi connectivity index (χ0v) is 15.9. The second-order valence-corrected chi connectivity index (χ2v) is 8.21. The lowest BCUT2D eigenvalue weighted by Gasteiger charge is -2.19. The molecule has 1 heterocycles. The Morgan fingerprint density at radius 3 is 2.60 bits per heavy atom. The summed E-state index contributed by atoms with van der Waals surface area (Å²) in [5, 5.41) is 3.94. The van der Waals surface area contributed by atoms with Gasteiger partial charge in [-0.3, -0.25) is 10.1 Å². The summed E-state index contributed by atoms with van der Waals surface area (Å²) in [6.07, 6.45) is 0. The Hall–Kier alpha value is -2.11. The zero-order chi connectivity index (χ0) is 18.0. The molecule has 3 rings (SSSR count). The van der Waals surface area contributed by atoms with E-state index in [0.717, 1.165) is 10.2 Å². The highest BCUT2D eigenvalue weighted by atomic mass is 35.5. The molecule has 0 fully saturated rings. The Kier molecular flexibility index (Phi) is 4.97. The number of anilines is 1. The lowest BCUT2D eigenvalue weighted by molar-refractivity contribution is -0.118. The van der Waals surface area contributed by atoms with Crippen LogP contribution in [-0.4, -0.2) is 17.5 Å². The van der Waals surface area contributed by atoms with E-state index in [4.69, 9.17) is 16.3 Å². The van der Waals surface area contributed by atoms with Gasteiger partial charge in [0.1, 0.15) is 5.75 Å². The molecule has 0 saturated heterocycles. The number of carbonyl (C=O) groups is 1. The molecule has 1 amide bonds. The number of rotatable bonds is 4. The van der Waals surface area contributed by atoms with Crippen molar-refractivity contribution in [1.82, 2.24) is 4.98 Å². The topological polar surface area (TPSA) is 51.2 Å². The maximum absolute atomic E-state index is 12.1. The van der Waals surface area contributed by atoms with Crippen molar-refractivity contribution in [3.63, 3.8) is 0 Å². The minimum Gasteiger partial charge on any atom is -0.484 e. The van der Waals surface area contributed by atoms with Crippen LogP contribution in [0.1, 0.15) is 26.3 Å². The highest BCUT2D eigenvalue weighted by molar-refractivity contribution is 7.22. The first-order chi connectivity index (χ1) is 11.8. The fourth-order valence-electron chi connectivity index (χ4n) is 2.31. The van der Waals surface area contributed by atoms with Crippen LogP contribution in [0.2, 0.25) is 5.02 Å². The Balaban J connectivity index is 1.58. The fourth-order valence-corrected chi connectivity index (χ4v) is 3.47. The lowest BCUT2D eigenvalue weighted by atomic mass is 9.87. The molecule has 2 aromatic carbocycles. The second-order valence-electron chi connectivity index (χ2n) is 6.74.